The normalized spacial score (nSPS) is 11.7. The Labute approximate surface area is 128 Å². The Bertz CT molecular complexity index is 748. The van der Waals surface area contributed by atoms with E-state index in [9.17, 15) is 13.2 Å². The van der Waals surface area contributed by atoms with Crippen molar-refractivity contribution in [2.75, 3.05) is 0 Å². The van der Waals surface area contributed by atoms with Gasteiger partial charge in [-0.1, -0.05) is 0 Å². The molecule has 108 valence electrons. The summed E-state index contributed by atoms with van der Waals surface area (Å²) in [6.45, 7) is 0.163. The van der Waals surface area contributed by atoms with E-state index in [-0.39, 0.29) is 17.1 Å². The van der Waals surface area contributed by atoms with Crippen molar-refractivity contribution in [2.24, 2.45) is 7.05 Å². The Hall–Kier alpha value is -1.16. The molecule has 2 N–H and O–H groups in total. The molecule has 6 nitrogen and oxygen atoms in total. The summed E-state index contributed by atoms with van der Waals surface area (Å²) in [5.41, 5.74) is -0.0794. The summed E-state index contributed by atoms with van der Waals surface area (Å²) in [5.74, 6) is -1.17. The third-order valence-electron chi connectivity index (χ3n) is 2.57. The Kier molecular flexibility index (Phi) is 4.33. The molecule has 0 amide bonds. The number of hydrogen-bond acceptors (Lipinski definition) is 4. The lowest BCUT2D eigenvalue weighted by molar-refractivity contribution is 0.0686. The Morgan fingerprint density at radius 1 is 1.50 bits per heavy atom. The molecule has 2 aromatic rings. The van der Waals surface area contributed by atoms with E-state index < -0.39 is 16.0 Å². The Balaban J connectivity index is 2.18. The summed E-state index contributed by atoms with van der Waals surface area (Å²) in [6.07, 6.45) is 1.27. The van der Waals surface area contributed by atoms with E-state index in [0.29, 0.717) is 0 Å². The van der Waals surface area contributed by atoms with Gasteiger partial charge in [0.15, 0.2) is 0 Å². The van der Waals surface area contributed by atoms with Crippen LogP contribution in [0.2, 0.25) is 0 Å². The van der Waals surface area contributed by atoms with Gasteiger partial charge >= 0.3 is 5.97 Å². The summed E-state index contributed by atoms with van der Waals surface area (Å²) in [4.78, 5) is 11.7. The molecular formula is C11H11BrN2O4S2. The number of hydrogen-bond donors (Lipinski definition) is 2. The van der Waals surface area contributed by atoms with Gasteiger partial charge in [-0.25, -0.2) is 17.9 Å². The average molecular weight is 379 g/mol. The van der Waals surface area contributed by atoms with Gasteiger partial charge in [-0.3, -0.25) is 0 Å². The second-order valence-corrected chi connectivity index (χ2v) is 7.71. The number of aromatic carboxylic acids is 1. The zero-order valence-electron chi connectivity index (χ0n) is 10.3. The second kappa shape index (κ2) is 5.68. The molecule has 0 spiro atoms. The van der Waals surface area contributed by atoms with Crippen LogP contribution in [-0.2, 0) is 23.6 Å². The first-order valence-electron chi connectivity index (χ1n) is 5.42. The molecule has 0 fully saturated rings. The highest BCUT2D eigenvalue weighted by Gasteiger charge is 2.20. The number of nitrogens with zero attached hydrogens (tertiary/aromatic N) is 1. The molecule has 0 aliphatic heterocycles. The highest BCUT2D eigenvalue weighted by atomic mass is 79.9. The van der Waals surface area contributed by atoms with E-state index in [1.807, 2.05) is 11.4 Å². The number of thiophene rings is 1. The number of aromatic nitrogens is 1. The molecule has 0 bridgehead atoms. The number of halogens is 1. The van der Waals surface area contributed by atoms with Crippen LogP contribution >= 0.6 is 27.3 Å². The summed E-state index contributed by atoms with van der Waals surface area (Å²) in [5, 5.41) is 10.8. The first-order valence-corrected chi connectivity index (χ1v) is 8.57. The zero-order chi connectivity index (χ0) is 14.9. The first-order chi connectivity index (χ1) is 9.29. The second-order valence-electron chi connectivity index (χ2n) is 4.03. The summed E-state index contributed by atoms with van der Waals surface area (Å²) >= 11 is 4.72. The van der Waals surface area contributed by atoms with Crippen molar-refractivity contribution in [3.63, 3.8) is 0 Å². The summed E-state index contributed by atoms with van der Waals surface area (Å²) in [7, 11) is -2.24. The van der Waals surface area contributed by atoms with Crippen LogP contribution < -0.4 is 4.72 Å². The van der Waals surface area contributed by atoms with Gasteiger partial charge in [0.2, 0.25) is 10.0 Å². The maximum Gasteiger partial charge on any atom is 0.352 e. The fraction of sp³-hybridized carbons (Fsp3) is 0.182. The molecule has 0 aromatic carbocycles. The lowest BCUT2D eigenvalue weighted by atomic mass is 10.4. The minimum atomic E-state index is -3.73. The number of rotatable bonds is 5. The molecule has 2 heterocycles. The molecular weight excluding hydrogens is 368 g/mol. The van der Waals surface area contributed by atoms with E-state index in [1.165, 1.54) is 29.1 Å². The van der Waals surface area contributed by atoms with E-state index in [1.54, 1.807) is 0 Å². The molecule has 0 aliphatic carbocycles. The molecule has 9 heteroatoms. The molecule has 2 rings (SSSR count). The fourth-order valence-electron chi connectivity index (χ4n) is 1.59. The monoisotopic (exact) mass is 378 g/mol. The molecule has 0 atom stereocenters. The number of aryl methyl sites for hydroxylation is 1. The molecule has 2 aromatic heterocycles. The number of carboxylic acids is 1. The van der Waals surface area contributed by atoms with Gasteiger partial charge in [-0.05, 0) is 28.1 Å². The van der Waals surface area contributed by atoms with Crippen LogP contribution in [0, 0.1) is 0 Å². The molecule has 0 unspecified atom stereocenters. The summed E-state index contributed by atoms with van der Waals surface area (Å²) < 4.78 is 28.7. The van der Waals surface area contributed by atoms with Crippen molar-refractivity contribution in [1.29, 1.82) is 0 Å². The molecule has 20 heavy (non-hydrogen) atoms. The van der Waals surface area contributed by atoms with Gasteiger partial charge < -0.3 is 9.67 Å². The Morgan fingerprint density at radius 2 is 2.20 bits per heavy atom. The predicted octanol–water partition coefficient (Wildman–Crippen LogP) is 2.03. The number of carboxylic acid groups (broad SMARTS) is 1. The van der Waals surface area contributed by atoms with E-state index in [2.05, 4.69) is 20.7 Å². The van der Waals surface area contributed by atoms with Gasteiger partial charge in [0, 0.05) is 34.5 Å². The van der Waals surface area contributed by atoms with Crippen LogP contribution in [-0.4, -0.2) is 24.1 Å². The number of carbonyl (C=O) groups is 1. The highest BCUT2D eigenvalue weighted by molar-refractivity contribution is 9.10. The smallest absolute Gasteiger partial charge is 0.352 e. The van der Waals surface area contributed by atoms with Crippen LogP contribution in [0.4, 0.5) is 0 Å². The van der Waals surface area contributed by atoms with E-state index in [0.717, 1.165) is 15.4 Å². The fourth-order valence-corrected chi connectivity index (χ4v) is 4.15. The SMILES string of the molecule is Cn1cc(S(=O)(=O)NCc2cc(Br)cs2)cc1C(=O)O. The zero-order valence-corrected chi connectivity index (χ0v) is 13.5. The molecule has 0 aliphatic rings. The topological polar surface area (TPSA) is 88.4 Å². The molecule has 0 saturated heterocycles. The quantitative estimate of drug-likeness (QED) is 0.832. The molecule has 0 saturated carbocycles. The summed E-state index contributed by atoms with van der Waals surface area (Å²) in [6, 6.07) is 2.95. The standard InChI is InChI=1S/C11H11BrN2O4S2/c1-14-5-9(3-10(14)11(15)16)20(17,18)13-4-8-2-7(12)6-19-8/h2-3,5-6,13H,4H2,1H3,(H,15,16). The van der Waals surface area contributed by atoms with Gasteiger partial charge in [0.25, 0.3) is 0 Å². The van der Waals surface area contributed by atoms with Crippen molar-refractivity contribution in [2.45, 2.75) is 11.4 Å². The van der Waals surface area contributed by atoms with E-state index >= 15 is 0 Å². The predicted molar refractivity (Wildman–Crippen MR) is 78.4 cm³/mol. The minimum Gasteiger partial charge on any atom is -0.477 e. The van der Waals surface area contributed by atoms with Crippen LogP contribution in [0.3, 0.4) is 0 Å². The number of sulfonamides is 1. The Morgan fingerprint density at radius 3 is 2.70 bits per heavy atom. The van der Waals surface area contributed by atoms with Crippen LogP contribution in [0.1, 0.15) is 15.4 Å². The third-order valence-corrected chi connectivity index (χ3v) is 5.63. The van der Waals surface area contributed by atoms with E-state index in [4.69, 9.17) is 5.11 Å². The first kappa shape index (κ1) is 15.2. The maximum absolute atomic E-state index is 12.1. The van der Waals surface area contributed by atoms with Crippen molar-refractivity contribution < 1.29 is 18.3 Å². The largest absolute Gasteiger partial charge is 0.477 e. The average Bonchev–Trinajstić information content (AvgIpc) is 2.93. The van der Waals surface area contributed by atoms with Gasteiger partial charge in [-0.2, -0.15) is 0 Å². The van der Waals surface area contributed by atoms with Crippen LogP contribution in [0.5, 0.6) is 0 Å². The lowest BCUT2D eigenvalue weighted by Crippen LogP contribution is -2.22. The van der Waals surface area contributed by atoms with Crippen molar-refractivity contribution in [3.05, 3.63) is 38.8 Å². The van der Waals surface area contributed by atoms with Gasteiger partial charge in [0.1, 0.15) is 10.6 Å². The van der Waals surface area contributed by atoms with Crippen LogP contribution in [0.15, 0.2) is 33.1 Å². The lowest BCUT2D eigenvalue weighted by Gasteiger charge is -2.02. The highest BCUT2D eigenvalue weighted by Crippen LogP contribution is 2.20. The van der Waals surface area contributed by atoms with Crippen LogP contribution in [0.25, 0.3) is 0 Å². The third kappa shape index (κ3) is 3.29. The van der Waals surface area contributed by atoms with Gasteiger partial charge in [0.05, 0.1) is 0 Å². The number of nitrogens with one attached hydrogen (secondary N) is 1. The van der Waals surface area contributed by atoms with Crippen molar-refractivity contribution in [1.82, 2.24) is 9.29 Å². The van der Waals surface area contributed by atoms with Crippen molar-refractivity contribution >= 4 is 43.3 Å². The maximum atomic E-state index is 12.1. The van der Waals surface area contributed by atoms with Crippen molar-refractivity contribution in [3.8, 4) is 0 Å². The molecule has 0 radical (unpaired) electrons. The minimum absolute atomic E-state index is 0.0620. The van der Waals surface area contributed by atoms with Gasteiger partial charge in [-0.15, -0.1) is 11.3 Å².